The van der Waals surface area contributed by atoms with Crippen LogP contribution in [0.2, 0.25) is 5.02 Å². The normalized spacial score (nSPS) is 24.9. The van der Waals surface area contributed by atoms with Crippen LogP contribution in [-0.4, -0.2) is 48.1 Å². The van der Waals surface area contributed by atoms with Gasteiger partial charge in [-0.25, -0.2) is 4.79 Å². The quantitative estimate of drug-likeness (QED) is 0.809. The number of carbonyl (C=O) groups is 2. The second-order valence-corrected chi connectivity index (χ2v) is 7.14. The summed E-state index contributed by atoms with van der Waals surface area (Å²) in [5.41, 5.74) is 0.718. The first-order valence-corrected chi connectivity index (χ1v) is 8.98. The molecule has 3 atom stereocenters. The highest BCUT2D eigenvalue weighted by Gasteiger charge is 2.49. The van der Waals surface area contributed by atoms with Gasteiger partial charge < -0.3 is 20.1 Å². The number of ether oxygens (including phenoxy) is 1. The molecule has 1 heterocycles. The summed E-state index contributed by atoms with van der Waals surface area (Å²) < 4.78 is 5.26. The number of amides is 1. The van der Waals surface area contributed by atoms with Crippen molar-refractivity contribution in [2.75, 3.05) is 25.5 Å². The first-order chi connectivity index (χ1) is 12.0. The minimum Gasteiger partial charge on any atom is -0.495 e. The number of fused-ring (bicyclic) bond motifs is 1. The highest BCUT2D eigenvalue weighted by atomic mass is 35.5. The number of anilines is 1. The monoisotopic (exact) mass is 366 g/mol. The van der Waals surface area contributed by atoms with Crippen molar-refractivity contribution < 1.29 is 19.4 Å². The zero-order valence-corrected chi connectivity index (χ0v) is 15.0. The zero-order valence-electron chi connectivity index (χ0n) is 14.2. The van der Waals surface area contributed by atoms with Crippen molar-refractivity contribution in [2.24, 2.45) is 11.8 Å². The number of methoxy groups -OCH3 is 1. The van der Waals surface area contributed by atoms with Gasteiger partial charge in [-0.05, 0) is 42.9 Å². The molecule has 1 aromatic carbocycles. The number of hydrogen-bond acceptors (Lipinski definition) is 4. The van der Waals surface area contributed by atoms with Crippen LogP contribution < -0.4 is 10.1 Å². The Bertz CT molecular complexity index is 666. The number of hydrogen-bond donors (Lipinski definition) is 2. The average Bonchev–Trinajstić information content (AvgIpc) is 3.15. The lowest BCUT2D eigenvalue weighted by Crippen LogP contribution is -2.43. The predicted octanol–water partition coefficient (Wildman–Crippen LogP) is 2.86. The summed E-state index contributed by atoms with van der Waals surface area (Å²) in [5.74, 6) is 0.104. The number of benzene rings is 1. The molecule has 1 aliphatic carbocycles. The van der Waals surface area contributed by atoms with E-state index in [2.05, 4.69) is 5.32 Å². The Labute approximate surface area is 152 Å². The molecule has 136 valence electrons. The fraction of sp³-hybridized carbons (Fsp3) is 0.556. The van der Waals surface area contributed by atoms with Crippen LogP contribution in [0.5, 0.6) is 5.75 Å². The molecule has 3 rings (SSSR count). The van der Waals surface area contributed by atoms with Gasteiger partial charge in [-0.1, -0.05) is 18.0 Å². The number of nitrogens with zero attached hydrogens (tertiary/aromatic N) is 1. The van der Waals surface area contributed by atoms with Gasteiger partial charge in [0.15, 0.2) is 0 Å². The second kappa shape index (κ2) is 7.52. The Balaban J connectivity index is 1.59. The summed E-state index contributed by atoms with van der Waals surface area (Å²) in [5, 5.41) is 13.3. The average molecular weight is 367 g/mol. The van der Waals surface area contributed by atoms with E-state index in [1.54, 1.807) is 30.2 Å². The van der Waals surface area contributed by atoms with E-state index in [0.29, 0.717) is 29.8 Å². The van der Waals surface area contributed by atoms with Crippen molar-refractivity contribution >= 4 is 29.2 Å². The number of carboxylic acid groups (broad SMARTS) is 1. The molecule has 2 N–H and O–H groups in total. The molecule has 0 bridgehead atoms. The fourth-order valence-electron chi connectivity index (χ4n) is 4.14. The van der Waals surface area contributed by atoms with Crippen LogP contribution in [0.1, 0.15) is 25.7 Å². The second-order valence-electron chi connectivity index (χ2n) is 6.71. The first kappa shape index (κ1) is 17.9. The number of aliphatic carboxylic acids is 1. The van der Waals surface area contributed by atoms with Crippen LogP contribution in [0, 0.1) is 11.8 Å². The molecule has 0 radical (unpaired) electrons. The Hall–Kier alpha value is -1.95. The number of carboxylic acids is 1. The van der Waals surface area contributed by atoms with Gasteiger partial charge in [-0.3, -0.25) is 4.79 Å². The van der Waals surface area contributed by atoms with Crippen LogP contribution in [0.25, 0.3) is 0 Å². The molecule has 3 unspecified atom stereocenters. The largest absolute Gasteiger partial charge is 0.495 e. The van der Waals surface area contributed by atoms with Crippen molar-refractivity contribution in [2.45, 2.75) is 31.7 Å². The van der Waals surface area contributed by atoms with Gasteiger partial charge in [-0.2, -0.15) is 0 Å². The van der Waals surface area contributed by atoms with E-state index >= 15 is 0 Å². The summed E-state index contributed by atoms with van der Waals surface area (Å²) >= 11 is 5.99. The van der Waals surface area contributed by atoms with Gasteiger partial charge in [0, 0.05) is 24.5 Å². The number of halogens is 1. The molecular weight excluding hydrogens is 344 g/mol. The first-order valence-electron chi connectivity index (χ1n) is 8.61. The third kappa shape index (κ3) is 3.68. The van der Waals surface area contributed by atoms with Crippen molar-refractivity contribution in [1.82, 2.24) is 4.90 Å². The van der Waals surface area contributed by atoms with E-state index in [0.717, 1.165) is 24.9 Å². The summed E-state index contributed by atoms with van der Waals surface area (Å²) in [6.07, 6.45) is 3.23. The summed E-state index contributed by atoms with van der Waals surface area (Å²) in [6.45, 7) is 0.967. The molecule has 1 saturated heterocycles. The highest BCUT2D eigenvalue weighted by Crippen LogP contribution is 2.42. The fourth-order valence-corrected chi connectivity index (χ4v) is 4.32. The number of likely N-dealkylation sites (tertiary alicyclic amines) is 1. The van der Waals surface area contributed by atoms with Gasteiger partial charge in [-0.15, -0.1) is 0 Å². The van der Waals surface area contributed by atoms with E-state index in [4.69, 9.17) is 16.3 Å². The van der Waals surface area contributed by atoms with Gasteiger partial charge in [0.2, 0.25) is 5.91 Å². The van der Waals surface area contributed by atoms with Crippen LogP contribution in [-0.2, 0) is 9.59 Å². The van der Waals surface area contributed by atoms with Crippen LogP contribution in [0.15, 0.2) is 18.2 Å². The van der Waals surface area contributed by atoms with E-state index in [9.17, 15) is 14.7 Å². The minimum atomic E-state index is -0.882. The zero-order chi connectivity index (χ0) is 18.0. The van der Waals surface area contributed by atoms with E-state index < -0.39 is 12.0 Å². The Morgan fingerprint density at radius 3 is 2.92 bits per heavy atom. The van der Waals surface area contributed by atoms with Gasteiger partial charge in [0.1, 0.15) is 11.8 Å². The third-order valence-corrected chi connectivity index (χ3v) is 5.51. The molecule has 1 amide bonds. The lowest BCUT2D eigenvalue weighted by molar-refractivity contribution is -0.149. The predicted molar refractivity (Wildman–Crippen MR) is 95.1 cm³/mol. The Morgan fingerprint density at radius 2 is 2.20 bits per heavy atom. The molecule has 0 spiro atoms. The highest BCUT2D eigenvalue weighted by molar-refractivity contribution is 6.30. The molecule has 6 nitrogen and oxygen atoms in total. The minimum absolute atomic E-state index is 0.113. The van der Waals surface area contributed by atoms with Gasteiger partial charge in [0.05, 0.1) is 12.8 Å². The summed E-state index contributed by atoms with van der Waals surface area (Å²) in [7, 11) is 1.57. The van der Waals surface area contributed by atoms with Crippen molar-refractivity contribution in [3.8, 4) is 5.75 Å². The van der Waals surface area contributed by atoms with Crippen molar-refractivity contribution in [1.29, 1.82) is 0 Å². The molecule has 1 aliphatic heterocycles. The molecular formula is C18H23ClN2O4. The molecule has 2 aliphatic rings. The third-order valence-electron chi connectivity index (χ3n) is 5.28. The molecule has 1 aromatic rings. The SMILES string of the molecule is COc1ccc(Cl)cc1NCCC(=O)N1CC2CCCC2C1C(=O)O. The van der Waals surface area contributed by atoms with E-state index in [-0.39, 0.29) is 18.2 Å². The van der Waals surface area contributed by atoms with E-state index in [1.165, 1.54) is 0 Å². The Kier molecular flexibility index (Phi) is 5.37. The van der Waals surface area contributed by atoms with Gasteiger partial charge in [0.25, 0.3) is 0 Å². The van der Waals surface area contributed by atoms with Gasteiger partial charge >= 0.3 is 5.97 Å². The molecule has 2 fully saturated rings. The lowest BCUT2D eigenvalue weighted by atomic mass is 9.94. The summed E-state index contributed by atoms with van der Waals surface area (Å²) in [4.78, 5) is 25.8. The topological polar surface area (TPSA) is 78.9 Å². The van der Waals surface area contributed by atoms with Crippen LogP contribution in [0.4, 0.5) is 5.69 Å². The van der Waals surface area contributed by atoms with Crippen molar-refractivity contribution in [3.05, 3.63) is 23.2 Å². The maximum absolute atomic E-state index is 12.6. The molecule has 7 heteroatoms. The number of rotatable bonds is 6. The van der Waals surface area contributed by atoms with Crippen LogP contribution >= 0.6 is 11.6 Å². The smallest absolute Gasteiger partial charge is 0.326 e. The maximum atomic E-state index is 12.6. The van der Waals surface area contributed by atoms with Crippen molar-refractivity contribution in [3.63, 3.8) is 0 Å². The van der Waals surface area contributed by atoms with Crippen LogP contribution in [0.3, 0.4) is 0 Å². The molecule has 25 heavy (non-hydrogen) atoms. The summed E-state index contributed by atoms with van der Waals surface area (Å²) in [6, 6.07) is 4.57. The molecule has 1 saturated carbocycles. The Morgan fingerprint density at radius 1 is 1.40 bits per heavy atom. The van der Waals surface area contributed by atoms with E-state index in [1.807, 2.05) is 0 Å². The number of nitrogens with one attached hydrogen (secondary N) is 1. The standard InChI is InChI=1S/C18H23ClN2O4/c1-25-15-6-5-12(19)9-14(15)20-8-7-16(22)21-10-11-3-2-4-13(11)17(21)18(23)24/h5-6,9,11,13,17,20H,2-4,7-8,10H2,1H3,(H,23,24). The maximum Gasteiger partial charge on any atom is 0.326 e. The lowest BCUT2D eigenvalue weighted by Gasteiger charge is -2.24. The molecule has 0 aromatic heterocycles. The number of carbonyl (C=O) groups excluding carboxylic acids is 1.